The van der Waals surface area contributed by atoms with Crippen molar-refractivity contribution < 1.29 is 4.42 Å². The zero-order valence-electron chi connectivity index (χ0n) is 16.1. The van der Waals surface area contributed by atoms with Gasteiger partial charge in [-0.3, -0.25) is 0 Å². The van der Waals surface area contributed by atoms with Crippen LogP contribution in [-0.2, 0) is 12.3 Å². The van der Waals surface area contributed by atoms with E-state index in [1.54, 1.807) is 17.8 Å². The first-order chi connectivity index (χ1) is 13.6. The second-order valence-corrected chi connectivity index (χ2v) is 7.62. The Bertz CT molecular complexity index is 1200. The van der Waals surface area contributed by atoms with E-state index in [1.807, 2.05) is 50.2 Å². The largest absolute Gasteiger partial charge is 0.422 e. The fourth-order valence-electron chi connectivity index (χ4n) is 3.27. The molecule has 4 aromatic rings. The van der Waals surface area contributed by atoms with Crippen LogP contribution in [0.15, 0.2) is 62.9 Å². The normalized spacial score (nSPS) is 11.2. The lowest BCUT2D eigenvalue weighted by Gasteiger charge is -2.10. The van der Waals surface area contributed by atoms with Crippen LogP contribution >= 0.6 is 11.8 Å². The fourth-order valence-corrected chi connectivity index (χ4v) is 4.26. The molecule has 0 unspecified atom stereocenters. The van der Waals surface area contributed by atoms with E-state index in [4.69, 9.17) is 4.42 Å². The molecule has 0 aliphatic heterocycles. The Morgan fingerprint density at radius 2 is 1.86 bits per heavy atom. The Morgan fingerprint density at radius 1 is 1.07 bits per heavy atom. The van der Waals surface area contributed by atoms with Gasteiger partial charge in [0.2, 0.25) is 0 Å². The van der Waals surface area contributed by atoms with Crippen LogP contribution in [-0.4, -0.2) is 14.8 Å². The van der Waals surface area contributed by atoms with Crippen molar-refractivity contribution in [1.29, 1.82) is 0 Å². The van der Waals surface area contributed by atoms with Gasteiger partial charge in [0.15, 0.2) is 11.0 Å². The molecule has 0 bridgehead atoms. The second-order valence-electron chi connectivity index (χ2n) is 6.68. The van der Waals surface area contributed by atoms with Gasteiger partial charge in [-0.05, 0) is 37.5 Å². The number of hydrogen-bond acceptors (Lipinski definition) is 5. The van der Waals surface area contributed by atoms with Gasteiger partial charge in [-0.2, -0.15) is 0 Å². The highest BCUT2D eigenvalue weighted by Gasteiger charge is 2.15. The van der Waals surface area contributed by atoms with Crippen LogP contribution in [0, 0.1) is 13.8 Å². The number of thioether (sulfide) groups is 1. The summed E-state index contributed by atoms with van der Waals surface area (Å²) in [5.74, 6) is 1.48. The molecule has 0 radical (unpaired) electrons. The standard InChI is InChI=1S/C22H21N3O2S/c1-4-25-21(16-8-6-5-7-9-16)23-24-22(25)28-13-17-12-19(26)27-20-15(3)14(2)10-11-18(17)20/h5-12H,4,13H2,1-3H3. The molecule has 2 aromatic carbocycles. The number of hydrogen-bond donors (Lipinski definition) is 0. The third-order valence-corrected chi connectivity index (χ3v) is 5.95. The Kier molecular flexibility index (Phi) is 5.05. The smallest absolute Gasteiger partial charge is 0.336 e. The monoisotopic (exact) mass is 391 g/mol. The molecule has 0 saturated heterocycles. The van der Waals surface area contributed by atoms with Crippen molar-refractivity contribution in [1.82, 2.24) is 14.8 Å². The summed E-state index contributed by atoms with van der Waals surface area (Å²) < 4.78 is 7.58. The van der Waals surface area contributed by atoms with E-state index in [0.29, 0.717) is 11.3 Å². The van der Waals surface area contributed by atoms with E-state index in [1.165, 1.54) is 0 Å². The summed E-state index contributed by atoms with van der Waals surface area (Å²) in [6.07, 6.45) is 0. The third-order valence-electron chi connectivity index (χ3n) is 4.94. The summed E-state index contributed by atoms with van der Waals surface area (Å²) in [6, 6.07) is 15.7. The topological polar surface area (TPSA) is 60.9 Å². The summed E-state index contributed by atoms with van der Waals surface area (Å²) in [7, 11) is 0. The lowest BCUT2D eigenvalue weighted by molar-refractivity contribution is 0.557. The minimum atomic E-state index is -0.321. The highest BCUT2D eigenvalue weighted by molar-refractivity contribution is 7.98. The van der Waals surface area contributed by atoms with Crippen molar-refractivity contribution in [3.8, 4) is 11.4 Å². The van der Waals surface area contributed by atoms with Crippen molar-refractivity contribution in [2.24, 2.45) is 0 Å². The fraction of sp³-hybridized carbons (Fsp3) is 0.227. The molecule has 0 aliphatic rings. The zero-order chi connectivity index (χ0) is 19.7. The minimum Gasteiger partial charge on any atom is -0.422 e. The molecule has 0 atom stereocenters. The van der Waals surface area contributed by atoms with Gasteiger partial charge in [-0.25, -0.2) is 4.79 Å². The molecular weight excluding hydrogens is 370 g/mol. The number of fused-ring (bicyclic) bond motifs is 1. The van der Waals surface area contributed by atoms with Gasteiger partial charge in [0.1, 0.15) is 5.58 Å². The number of benzene rings is 2. The molecule has 5 nitrogen and oxygen atoms in total. The maximum atomic E-state index is 12.1. The van der Waals surface area contributed by atoms with Crippen LogP contribution in [0.25, 0.3) is 22.4 Å². The third kappa shape index (κ3) is 3.36. The van der Waals surface area contributed by atoms with Gasteiger partial charge >= 0.3 is 5.63 Å². The number of aryl methyl sites for hydroxylation is 2. The van der Waals surface area contributed by atoms with E-state index < -0.39 is 0 Å². The highest BCUT2D eigenvalue weighted by atomic mass is 32.2. The van der Waals surface area contributed by atoms with E-state index in [-0.39, 0.29) is 5.63 Å². The van der Waals surface area contributed by atoms with Crippen LogP contribution in [0.3, 0.4) is 0 Å². The Morgan fingerprint density at radius 3 is 2.61 bits per heavy atom. The van der Waals surface area contributed by atoms with Gasteiger partial charge in [0.05, 0.1) is 0 Å². The molecule has 2 aromatic heterocycles. The first-order valence-electron chi connectivity index (χ1n) is 9.23. The van der Waals surface area contributed by atoms with E-state index in [2.05, 4.69) is 27.8 Å². The van der Waals surface area contributed by atoms with Gasteiger partial charge < -0.3 is 8.98 Å². The molecule has 0 N–H and O–H groups in total. The number of nitrogens with zero attached hydrogens (tertiary/aromatic N) is 3. The van der Waals surface area contributed by atoms with Crippen molar-refractivity contribution in [3.05, 3.63) is 75.6 Å². The maximum absolute atomic E-state index is 12.1. The number of rotatable bonds is 5. The van der Waals surface area contributed by atoms with Crippen LogP contribution in [0.2, 0.25) is 0 Å². The molecule has 2 heterocycles. The molecule has 0 saturated carbocycles. The first-order valence-corrected chi connectivity index (χ1v) is 10.2. The van der Waals surface area contributed by atoms with E-state index in [9.17, 15) is 4.79 Å². The lowest BCUT2D eigenvalue weighted by Crippen LogP contribution is -2.03. The quantitative estimate of drug-likeness (QED) is 0.355. The number of aromatic nitrogens is 3. The van der Waals surface area contributed by atoms with Gasteiger partial charge in [-0.1, -0.05) is 54.2 Å². The van der Waals surface area contributed by atoms with Crippen molar-refractivity contribution in [2.45, 2.75) is 38.2 Å². The SMILES string of the molecule is CCn1c(SCc2cc(=O)oc3c(C)c(C)ccc23)nnc1-c1ccccc1. The predicted octanol–water partition coefficient (Wildman–Crippen LogP) is 4.98. The predicted molar refractivity (Wildman–Crippen MR) is 113 cm³/mol. The van der Waals surface area contributed by atoms with Crippen LogP contribution in [0.1, 0.15) is 23.6 Å². The van der Waals surface area contributed by atoms with Crippen LogP contribution < -0.4 is 5.63 Å². The van der Waals surface area contributed by atoms with Crippen LogP contribution in [0.4, 0.5) is 0 Å². The molecule has 6 heteroatoms. The maximum Gasteiger partial charge on any atom is 0.336 e. The summed E-state index contributed by atoms with van der Waals surface area (Å²) in [4.78, 5) is 12.1. The summed E-state index contributed by atoms with van der Waals surface area (Å²) in [6.45, 7) is 6.86. The Balaban J connectivity index is 1.68. The van der Waals surface area contributed by atoms with Crippen molar-refractivity contribution in [3.63, 3.8) is 0 Å². The minimum absolute atomic E-state index is 0.321. The van der Waals surface area contributed by atoms with Crippen LogP contribution in [0.5, 0.6) is 0 Å². The first kappa shape index (κ1) is 18.5. The molecular formula is C22H21N3O2S. The van der Waals surface area contributed by atoms with E-state index >= 15 is 0 Å². The van der Waals surface area contributed by atoms with E-state index in [0.717, 1.165) is 45.2 Å². The summed E-state index contributed by atoms with van der Waals surface area (Å²) in [5, 5.41) is 10.6. The zero-order valence-corrected chi connectivity index (χ0v) is 16.9. The average Bonchev–Trinajstić information content (AvgIpc) is 3.13. The lowest BCUT2D eigenvalue weighted by atomic mass is 10.0. The molecule has 142 valence electrons. The van der Waals surface area contributed by atoms with Gasteiger partial charge in [0, 0.05) is 29.3 Å². The van der Waals surface area contributed by atoms with Crippen molar-refractivity contribution >= 4 is 22.7 Å². The molecule has 28 heavy (non-hydrogen) atoms. The van der Waals surface area contributed by atoms with Crippen molar-refractivity contribution in [2.75, 3.05) is 0 Å². The second kappa shape index (κ2) is 7.64. The highest BCUT2D eigenvalue weighted by Crippen LogP contribution is 2.30. The molecule has 0 fully saturated rings. The molecule has 0 amide bonds. The summed E-state index contributed by atoms with van der Waals surface area (Å²) >= 11 is 1.58. The molecule has 0 aliphatic carbocycles. The van der Waals surface area contributed by atoms with Gasteiger partial charge in [0.25, 0.3) is 0 Å². The Labute approximate surface area is 167 Å². The van der Waals surface area contributed by atoms with Gasteiger partial charge in [-0.15, -0.1) is 10.2 Å². The average molecular weight is 391 g/mol. The Hall–Kier alpha value is -2.86. The molecule has 4 rings (SSSR count). The molecule has 0 spiro atoms. The summed E-state index contributed by atoms with van der Waals surface area (Å²) in [5.41, 5.74) is 4.46.